The summed E-state index contributed by atoms with van der Waals surface area (Å²) >= 11 is 15.1. The first kappa shape index (κ1) is 18.8. The van der Waals surface area contributed by atoms with Gasteiger partial charge in [-0.1, -0.05) is 39.1 Å². The monoisotopic (exact) mass is 429 g/mol. The van der Waals surface area contributed by atoms with Crippen molar-refractivity contribution in [3.8, 4) is 0 Å². The standard InChI is InChI=1S/C17H14BrCl2NO3/c1-9-10(2)15(6-4-12(9)18)21-16(22)8-24-17(23)11-3-5-13(19)14(20)7-11/h3-7H,8H2,1-2H3,(H,21,22). The number of esters is 1. The number of nitrogens with one attached hydrogen (secondary N) is 1. The zero-order valence-corrected chi connectivity index (χ0v) is 16.1. The lowest BCUT2D eigenvalue weighted by molar-refractivity contribution is -0.119. The van der Waals surface area contributed by atoms with E-state index in [-0.39, 0.29) is 10.6 Å². The van der Waals surface area contributed by atoms with Crippen LogP contribution in [-0.2, 0) is 9.53 Å². The van der Waals surface area contributed by atoms with Crippen LogP contribution in [-0.4, -0.2) is 18.5 Å². The number of halogens is 3. The summed E-state index contributed by atoms with van der Waals surface area (Å²) in [4.78, 5) is 23.9. The molecule has 1 N–H and O–H groups in total. The molecule has 24 heavy (non-hydrogen) atoms. The molecule has 0 aromatic heterocycles. The second-order valence-electron chi connectivity index (χ2n) is 5.10. The van der Waals surface area contributed by atoms with Crippen molar-refractivity contribution in [3.05, 3.63) is 61.5 Å². The topological polar surface area (TPSA) is 55.4 Å². The van der Waals surface area contributed by atoms with Crippen molar-refractivity contribution in [1.82, 2.24) is 0 Å². The van der Waals surface area contributed by atoms with Crippen LogP contribution in [0.4, 0.5) is 5.69 Å². The number of benzene rings is 2. The van der Waals surface area contributed by atoms with E-state index in [0.717, 1.165) is 15.6 Å². The van der Waals surface area contributed by atoms with E-state index in [1.54, 1.807) is 6.07 Å². The van der Waals surface area contributed by atoms with Crippen molar-refractivity contribution in [3.63, 3.8) is 0 Å². The lowest BCUT2D eigenvalue weighted by Gasteiger charge is -2.12. The Hall–Kier alpha value is -1.56. The third kappa shape index (κ3) is 4.50. The Morgan fingerprint density at radius 1 is 1.08 bits per heavy atom. The smallest absolute Gasteiger partial charge is 0.338 e. The van der Waals surface area contributed by atoms with Crippen molar-refractivity contribution in [2.75, 3.05) is 11.9 Å². The maximum Gasteiger partial charge on any atom is 0.338 e. The van der Waals surface area contributed by atoms with E-state index in [4.69, 9.17) is 27.9 Å². The van der Waals surface area contributed by atoms with Gasteiger partial charge in [0.2, 0.25) is 0 Å². The SMILES string of the molecule is Cc1c(Br)ccc(NC(=O)COC(=O)c2ccc(Cl)c(Cl)c2)c1C. The summed E-state index contributed by atoms with van der Waals surface area (Å²) in [6, 6.07) is 8.00. The third-order valence-electron chi connectivity index (χ3n) is 3.48. The van der Waals surface area contributed by atoms with Crippen LogP contribution in [0.3, 0.4) is 0 Å². The quantitative estimate of drug-likeness (QED) is 0.680. The summed E-state index contributed by atoms with van der Waals surface area (Å²) in [5, 5.41) is 3.31. The summed E-state index contributed by atoms with van der Waals surface area (Å²) < 4.78 is 5.95. The van der Waals surface area contributed by atoms with Crippen molar-refractivity contribution in [2.45, 2.75) is 13.8 Å². The second-order valence-corrected chi connectivity index (χ2v) is 6.77. The lowest BCUT2D eigenvalue weighted by atomic mass is 10.1. The van der Waals surface area contributed by atoms with Crippen molar-refractivity contribution < 1.29 is 14.3 Å². The highest BCUT2D eigenvalue weighted by Gasteiger charge is 2.13. The fourth-order valence-electron chi connectivity index (χ4n) is 1.95. The van der Waals surface area contributed by atoms with E-state index >= 15 is 0 Å². The van der Waals surface area contributed by atoms with Gasteiger partial charge in [0.15, 0.2) is 6.61 Å². The average Bonchev–Trinajstić information content (AvgIpc) is 2.55. The number of carbonyl (C=O) groups excluding carboxylic acids is 2. The van der Waals surface area contributed by atoms with Crippen LogP contribution in [0, 0.1) is 13.8 Å². The molecule has 0 saturated heterocycles. The van der Waals surface area contributed by atoms with E-state index in [1.165, 1.54) is 18.2 Å². The van der Waals surface area contributed by atoms with Crippen LogP contribution >= 0.6 is 39.1 Å². The molecular weight excluding hydrogens is 417 g/mol. The van der Waals surface area contributed by atoms with Gasteiger partial charge in [-0.15, -0.1) is 0 Å². The first-order chi connectivity index (χ1) is 11.3. The Balaban J connectivity index is 1.97. The zero-order valence-electron chi connectivity index (χ0n) is 13.0. The Morgan fingerprint density at radius 2 is 1.79 bits per heavy atom. The molecular formula is C17H14BrCl2NO3. The molecule has 0 fully saturated rings. The molecule has 2 aromatic carbocycles. The molecule has 0 heterocycles. The summed E-state index contributed by atoms with van der Waals surface area (Å²) in [7, 11) is 0. The van der Waals surface area contributed by atoms with Crippen LogP contribution in [0.25, 0.3) is 0 Å². The minimum Gasteiger partial charge on any atom is -0.452 e. The van der Waals surface area contributed by atoms with Gasteiger partial charge in [0.25, 0.3) is 5.91 Å². The molecule has 0 radical (unpaired) electrons. The van der Waals surface area contributed by atoms with Crippen LogP contribution < -0.4 is 5.32 Å². The summed E-state index contributed by atoms with van der Waals surface area (Å²) in [5.74, 6) is -1.07. The number of ether oxygens (including phenoxy) is 1. The first-order valence-electron chi connectivity index (χ1n) is 6.97. The van der Waals surface area contributed by atoms with Gasteiger partial charge in [-0.05, 0) is 55.3 Å². The van der Waals surface area contributed by atoms with E-state index in [9.17, 15) is 9.59 Å². The molecule has 0 aliphatic heterocycles. The Kier molecular flexibility index (Phi) is 6.27. The van der Waals surface area contributed by atoms with E-state index in [2.05, 4.69) is 21.2 Å². The molecule has 0 spiro atoms. The number of hydrogen-bond acceptors (Lipinski definition) is 3. The molecule has 2 aromatic rings. The number of hydrogen-bond donors (Lipinski definition) is 1. The van der Waals surface area contributed by atoms with E-state index in [1.807, 2.05) is 19.9 Å². The van der Waals surface area contributed by atoms with Gasteiger partial charge >= 0.3 is 5.97 Å². The summed E-state index contributed by atoms with van der Waals surface area (Å²) in [6.07, 6.45) is 0. The fraction of sp³-hybridized carbons (Fsp3) is 0.176. The molecule has 126 valence electrons. The van der Waals surface area contributed by atoms with Crippen molar-refractivity contribution >= 4 is 56.7 Å². The summed E-state index contributed by atoms with van der Waals surface area (Å²) in [5.41, 5.74) is 2.87. The molecule has 0 unspecified atom stereocenters. The van der Waals surface area contributed by atoms with Gasteiger partial charge in [-0.25, -0.2) is 4.79 Å². The van der Waals surface area contributed by atoms with E-state index in [0.29, 0.717) is 10.7 Å². The summed E-state index contributed by atoms with van der Waals surface area (Å²) in [6.45, 7) is 3.45. The molecule has 1 amide bonds. The number of amides is 1. The number of carbonyl (C=O) groups is 2. The molecule has 2 rings (SSSR count). The van der Waals surface area contributed by atoms with Crippen molar-refractivity contribution in [1.29, 1.82) is 0 Å². The number of rotatable bonds is 4. The van der Waals surface area contributed by atoms with Crippen molar-refractivity contribution in [2.24, 2.45) is 0 Å². The third-order valence-corrected chi connectivity index (χ3v) is 5.08. The predicted molar refractivity (Wildman–Crippen MR) is 99.0 cm³/mol. The van der Waals surface area contributed by atoms with Gasteiger partial charge < -0.3 is 10.1 Å². The van der Waals surface area contributed by atoms with Gasteiger partial charge in [0, 0.05) is 10.2 Å². The highest BCUT2D eigenvalue weighted by molar-refractivity contribution is 9.10. The zero-order chi connectivity index (χ0) is 17.9. The average molecular weight is 431 g/mol. The number of anilines is 1. The van der Waals surface area contributed by atoms with Crippen LogP contribution in [0.5, 0.6) is 0 Å². The molecule has 0 aliphatic rings. The molecule has 0 saturated carbocycles. The molecule has 0 aliphatic carbocycles. The Labute approximate surface area is 158 Å². The Morgan fingerprint density at radius 3 is 2.46 bits per heavy atom. The van der Waals surface area contributed by atoms with Gasteiger partial charge in [0.05, 0.1) is 15.6 Å². The highest BCUT2D eigenvalue weighted by atomic mass is 79.9. The van der Waals surface area contributed by atoms with Gasteiger partial charge in [0.1, 0.15) is 0 Å². The highest BCUT2D eigenvalue weighted by Crippen LogP contribution is 2.26. The normalized spacial score (nSPS) is 10.4. The van der Waals surface area contributed by atoms with Crippen LogP contribution in [0.2, 0.25) is 10.0 Å². The largest absolute Gasteiger partial charge is 0.452 e. The minimum atomic E-state index is -0.646. The van der Waals surface area contributed by atoms with Gasteiger partial charge in [-0.3, -0.25) is 4.79 Å². The second kappa shape index (κ2) is 8.01. The molecule has 0 atom stereocenters. The minimum absolute atomic E-state index is 0.230. The molecule has 4 nitrogen and oxygen atoms in total. The maximum atomic E-state index is 12.0. The van der Waals surface area contributed by atoms with Gasteiger partial charge in [-0.2, -0.15) is 0 Å². The first-order valence-corrected chi connectivity index (χ1v) is 8.52. The molecule has 7 heteroatoms. The molecule has 0 bridgehead atoms. The van der Waals surface area contributed by atoms with Crippen LogP contribution in [0.1, 0.15) is 21.5 Å². The fourth-order valence-corrected chi connectivity index (χ4v) is 2.67. The predicted octanol–water partition coefficient (Wildman–Crippen LogP) is 5.17. The lowest BCUT2D eigenvalue weighted by Crippen LogP contribution is -2.21. The van der Waals surface area contributed by atoms with Crippen LogP contribution in [0.15, 0.2) is 34.8 Å². The Bertz CT molecular complexity index is 809. The van der Waals surface area contributed by atoms with E-state index < -0.39 is 18.5 Å². The maximum absolute atomic E-state index is 12.0.